The summed E-state index contributed by atoms with van der Waals surface area (Å²) in [5, 5.41) is 0. The highest BCUT2D eigenvalue weighted by Gasteiger charge is 2.27. The molecule has 0 fully saturated rings. The molecule has 0 aliphatic carbocycles. The van der Waals surface area contributed by atoms with Crippen LogP contribution in [0.15, 0.2) is 51.4 Å². The molecule has 0 bridgehead atoms. The molecule has 19 heavy (non-hydrogen) atoms. The van der Waals surface area contributed by atoms with Gasteiger partial charge in [0.25, 0.3) is 0 Å². The van der Waals surface area contributed by atoms with Gasteiger partial charge in [-0.15, -0.1) is 0 Å². The van der Waals surface area contributed by atoms with Crippen LogP contribution in [0.2, 0.25) is 0 Å². The van der Waals surface area contributed by atoms with Gasteiger partial charge in [-0.1, -0.05) is 44.0 Å². The SMILES string of the molecule is N[C@@H]1CC(c2ccc(Br)cc2)Oc2ccc(Br)cc21. The summed E-state index contributed by atoms with van der Waals surface area (Å²) in [7, 11) is 0. The number of ether oxygens (including phenoxy) is 1. The zero-order chi connectivity index (χ0) is 13.4. The molecular weight excluding hydrogens is 370 g/mol. The first-order chi connectivity index (χ1) is 9.13. The van der Waals surface area contributed by atoms with E-state index < -0.39 is 0 Å². The third-order valence-electron chi connectivity index (χ3n) is 3.35. The Bertz CT molecular complexity index is 598. The van der Waals surface area contributed by atoms with Gasteiger partial charge >= 0.3 is 0 Å². The molecule has 0 spiro atoms. The third-order valence-corrected chi connectivity index (χ3v) is 4.37. The Hall–Kier alpha value is -0.840. The van der Waals surface area contributed by atoms with E-state index in [1.165, 1.54) is 0 Å². The molecule has 1 heterocycles. The average molecular weight is 383 g/mol. The molecule has 1 unspecified atom stereocenters. The van der Waals surface area contributed by atoms with Crippen molar-refractivity contribution in [2.45, 2.75) is 18.6 Å². The normalized spacial score (nSPS) is 21.6. The molecule has 2 atom stereocenters. The van der Waals surface area contributed by atoms with Crippen molar-refractivity contribution in [3.63, 3.8) is 0 Å². The topological polar surface area (TPSA) is 35.2 Å². The molecule has 2 nitrogen and oxygen atoms in total. The van der Waals surface area contributed by atoms with E-state index in [-0.39, 0.29) is 12.1 Å². The first-order valence-electron chi connectivity index (χ1n) is 6.10. The second-order valence-corrected chi connectivity index (χ2v) is 6.51. The number of nitrogens with two attached hydrogens (primary N) is 1. The van der Waals surface area contributed by atoms with Crippen LogP contribution in [-0.2, 0) is 0 Å². The van der Waals surface area contributed by atoms with Crippen molar-refractivity contribution in [1.82, 2.24) is 0 Å². The minimum atomic E-state index is 0.00916. The van der Waals surface area contributed by atoms with Crippen molar-refractivity contribution in [2.75, 3.05) is 0 Å². The van der Waals surface area contributed by atoms with E-state index in [2.05, 4.69) is 44.0 Å². The standard InChI is InChI=1S/C15H13Br2NO/c16-10-3-1-9(2-4-10)15-8-13(18)12-7-11(17)5-6-14(12)19-15/h1-7,13,15H,8,18H2/t13-,15?/m1/s1. The van der Waals surface area contributed by atoms with Crippen LogP contribution in [0, 0.1) is 0 Å². The Morgan fingerprint density at radius 1 is 1.00 bits per heavy atom. The van der Waals surface area contributed by atoms with Gasteiger partial charge in [-0.25, -0.2) is 0 Å². The van der Waals surface area contributed by atoms with E-state index in [4.69, 9.17) is 10.5 Å². The van der Waals surface area contributed by atoms with Gasteiger partial charge < -0.3 is 10.5 Å². The Morgan fingerprint density at radius 3 is 2.42 bits per heavy atom. The molecule has 0 saturated carbocycles. The van der Waals surface area contributed by atoms with Crippen LogP contribution in [0.25, 0.3) is 0 Å². The number of rotatable bonds is 1. The van der Waals surface area contributed by atoms with Crippen molar-refractivity contribution in [1.29, 1.82) is 0 Å². The van der Waals surface area contributed by atoms with Crippen molar-refractivity contribution >= 4 is 31.9 Å². The molecule has 98 valence electrons. The quantitative estimate of drug-likeness (QED) is 0.773. The van der Waals surface area contributed by atoms with Crippen LogP contribution < -0.4 is 10.5 Å². The van der Waals surface area contributed by atoms with Gasteiger partial charge in [-0.2, -0.15) is 0 Å². The molecule has 2 N–H and O–H groups in total. The highest BCUT2D eigenvalue weighted by molar-refractivity contribution is 9.10. The molecule has 0 amide bonds. The van der Waals surface area contributed by atoms with E-state index in [9.17, 15) is 0 Å². The van der Waals surface area contributed by atoms with E-state index >= 15 is 0 Å². The van der Waals surface area contributed by atoms with Crippen molar-refractivity contribution < 1.29 is 4.74 Å². The fourth-order valence-electron chi connectivity index (χ4n) is 2.36. The highest BCUT2D eigenvalue weighted by atomic mass is 79.9. The number of fused-ring (bicyclic) bond motifs is 1. The maximum absolute atomic E-state index is 6.26. The molecule has 0 radical (unpaired) electrons. The fourth-order valence-corrected chi connectivity index (χ4v) is 3.00. The number of benzene rings is 2. The molecule has 0 aromatic heterocycles. The zero-order valence-corrected chi connectivity index (χ0v) is 13.3. The maximum Gasteiger partial charge on any atom is 0.126 e. The molecule has 1 aliphatic heterocycles. The van der Waals surface area contributed by atoms with Crippen LogP contribution in [0.4, 0.5) is 0 Å². The highest BCUT2D eigenvalue weighted by Crippen LogP contribution is 2.40. The molecular formula is C15H13Br2NO. The third kappa shape index (κ3) is 2.71. The lowest BCUT2D eigenvalue weighted by Crippen LogP contribution is -2.24. The van der Waals surface area contributed by atoms with E-state index in [0.717, 1.165) is 32.2 Å². The van der Waals surface area contributed by atoms with Gasteiger partial charge in [0.2, 0.25) is 0 Å². The second-order valence-electron chi connectivity index (χ2n) is 4.68. The largest absolute Gasteiger partial charge is 0.485 e. The lowest BCUT2D eigenvalue weighted by Gasteiger charge is -2.30. The Labute approximate surface area is 129 Å². The lowest BCUT2D eigenvalue weighted by molar-refractivity contribution is 0.161. The lowest BCUT2D eigenvalue weighted by atomic mass is 9.94. The minimum absolute atomic E-state index is 0.00916. The monoisotopic (exact) mass is 381 g/mol. The maximum atomic E-state index is 6.26. The smallest absolute Gasteiger partial charge is 0.126 e. The van der Waals surface area contributed by atoms with E-state index in [1.807, 2.05) is 30.3 Å². The minimum Gasteiger partial charge on any atom is -0.485 e. The first-order valence-corrected chi connectivity index (χ1v) is 7.69. The van der Waals surface area contributed by atoms with Crippen LogP contribution in [0.1, 0.15) is 29.7 Å². The molecule has 0 saturated heterocycles. The van der Waals surface area contributed by atoms with Gasteiger partial charge in [0.05, 0.1) is 0 Å². The molecule has 1 aliphatic rings. The first kappa shape index (κ1) is 13.2. The van der Waals surface area contributed by atoms with Crippen LogP contribution >= 0.6 is 31.9 Å². The molecule has 2 aromatic rings. The van der Waals surface area contributed by atoms with Crippen LogP contribution in [0.3, 0.4) is 0 Å². The number of hydrogen-bond acceptors (Lipinski definition) is 2. The van der Waals surface area contributed by atoms with Gasteiger partial charge in [-0.05, 0) is 35.9 Å². The van der Waals surface area contributed by atoms with Crippen molar-refractivity contribution in [3.8, 4) is 5.75 Å². The molecule has 4 heteroatoms. The van der Waals surface area contributed by atoms with Gasteiger partial charge in [0, 0.05) is 27.0 Å². The van der Waals surface area contributed by atoms with Crippen LogP contribution in [0.5, 0.6) is 5.75 Å². The van der Waals surface area contributed by atoms with E-state index in [1.54, 1.807) is 0 Å². The van der Waals surface area contributed by atoms with E-state index in [0.29, 0.717) is 0 Å². The zero-order valence-electron chi connectivity index (χ0n) is 10.1. The fraction of sp³-hybridized carbons (Fsp3) is 0.200. The van der Waals surface area contributed by atoms with Gasteiger partial charge in [-0.3, -0.25) is 0 Å². The summed E-state index contributed by atoms with van der Waals surface area (Å²) in [6.07, 6.45) is 0.822. The molecule has 3 rings (SSSR count). The Kier molecular flexibility index (Phi) is 3.65. The summed E-state index contributed by atoms with van der Waals surface area (Å²) in [5.74, 6) is 0.884. The van der Waals surface area contributed by atoms with Crippen molar-refractivity contribution in [3.05, 3.63) is 62.5 Å². The predicted octanol–water partition coefficient (Wildman–Crippen LogP) is 4.74. The van der Waals surface area contributed by atoms with Gasteiger partial charge in [0.1, 0.15) is 11.9 Å². The summed E-state index contributed by atoms with van der Waals surface area (Å²) in [4.78, 5) is 0. The second kappa shape index (κ2) is 5.27. The average Bonchev–Trinajstić information content (AvgIpc) is 2.40. The predicted molar refractivity (Wildman–Crippen MR) is 83.2 cm³/mol. The number of halogens is 2. The van der Waals surface area contributed by atoms with Crippen LogP contribution in [-0.4, -0.2) is 0 Å². The Morgan fingerprint density at radius 2 is 1.68 bits per heavy atom. The summed E-state index contributed by atoms with van der Waals surface area (Å²) >= 11 is 6.91. The van der Waals surface area contributed by atoms with Gasteiger partial charge in [0.15, 0.2) is 0 Å². The Balaban J connectivity index is 1.92. The summed E-state index contributed by atoms with van der Waals surface area (Å²) in [6, 6.07) is 14.2. The number of hydrogen-bond donors (Lipinski definition) is 1. The summed E-state index contributed by atoms with van der Waals surface area (Å²) in [6.45, 7) is 0. The summed E-state index contributed by atoms with van der Waals surface area (Å²) < 4.78 is 8.17. The summed E-state index contributed by atoms with van der Waals surface area (Å²) in [5.41, 5.74) is 8.49. The van der Waals surface area contributed by atoms with Crippen molar-refractivity contribution in [2.24, 2.45) is 5.73 Å². The molecule has 2 aromatic carbocycles.